The van der Waals surface area contributed by atoms with Crippen LogP contribution in [0.15, 0.2) is 36.7 Å². The minimum atomic E-state index is 0.0489. The summed E-state index contributed by atoms with van der Waals surface area (Å²) in [6, 6.07) is 10.4. The number of anilines is 1. The average molecular weight is 322 g/mol. The highest BCUT2D eigenvalue weighted by Crippen LogP contribution is 2.29. The predicted octanol–water partition coefficient (Wildman–Crippen LogP) is 2.74. The van der Waals surface area contributed by atoms with Gasteiger partial charge in [-0.3, -0.25) is 4.79 Å². The lowest BCUT2D eigenvalue weighted by Gasteiger charge is -2.26. The summed E-state index contributed by atoms with van der Waals surface area (Å²) in [5, 5.41) is 3.60. The van der Waals surface area contributed by atoms with Crippen LogP contribution in [0.25, 0.3) is 0 Å². The Morgan fingerprint density at radius 1 is 1.08 bits per heavy atom. The number of amides is 1. The monoisotopic (exact) mass is 322 g/mol. The highest BCUT2D eigenvalue weighted by atomic mass is 16.2. The fourth-order valence-corrected chi connectivity index (χ4v) is 3.69. The third kappa shape index (κ3) is 2.98. The molecule has 0 radical (unpaired) electrons. The van der Waals surface area contributed by atoms with Crippen LogP contribution < -0.4 is 5.32 Å². The normalized spacial score (nSPS) is 17.8. The lowest BCUT2D eigenvalue weighted by atomic mass is 10.1. The van der Waals surface area contributed by atoms with Crippen molar-refractivity contribution >= 4 is 11.7 Å². The highest BCUT2D eigenvalue weighted by Gasteiger charge is 2.26. The van der Waals surface area contributed by atoms with Crippen LogP contribution in [0, 0.1) is 0 Å². The van der Waals surface area contributed by atoms with E-state index in [-0.39, 0.29) is 11.9 Å². The molecule has 5 heteroatoms. The Bertz CT molecular complexity index is 731. The lowest BCUT2D eigenvalue weighted by Crippen LogP contribution is -2.33. The smallest absolute Gasteiger partial charge is 0.222 e. The van der Waals surface area contributed by atoms with Crippen LogP contribution in [0.2, 0.25) is 0 Å². The van der Waals surface area contributed by atoms with E-state index in [2.05, 4.69) is 27.4 Å². The van der Waals surface area contributed by atoms with Crippen molar-refractivity contribution in [2.24, 2.45) is 0 Å². The number of nitrogens with one attached hydrogen (secondary N) is 1. The number of likely N-dealkylation sites (tertiary alicyclic amines) is 1. The van der Waals surface area contributed by atoms with Crippen molar-refractivity contribution < 1.29 is 4.79 Å². The number of aryl methyl sites for hydroxylation is 1. The van der Waals surface area contributed by atoms with Gasteiger partial charge in [0.25, 0.3) is 0 Å². The third-order valence-corrected chi connectivity index (χ3v) is 4.96. The first-order valence-electron chi connectivity index (χ1n) is 8.73. The predicted molar refractivity (Wildman–Crippen MR) is 92.7 cm³/mol. The molecule has 1 fully saturated rings. The second-order valence-corrected chi connectivity index (χ2v) is 6.55. The maximum Gasteiger partial charge on any atom is 0.222 e. The van der Waals surface area contributed by atoms with Gasteiger partial charge < -0.3 is 10.2 Å². The first-order chi connectivity index (χ1) is 11.8. The summed E-state index contributed by atoms with van der Waals surface area (Å²) in [6.07, 6.45) is 6.49. The molecule has 24 heavy (non-hydrogen) atoms. The van der Waals surface area contributed by atoms with E-state index in [1.165, 1.54) is 11.1 Å². The molecular formula is C19H22N4O. The summed E-state index contributed by atoms with van der Waals surface area (Å²) in [7, 11) is 0. The number of fused-ring (bicyclic) bond motifs is 1. The van der Waals surface area contributed by atoms with Crippen molar-refractivity contribution in [1.29, 1.82) is 0 Å². The maximum absolute atomic E-state index is 12.1. The van der Waals surface area contributed by atoms with Crippen LogP contribution in [0.4, 0.5) is 5.82 Å². The number of hydrogen-bond donors (Lipinski definition) is 1. The topological polar surface area (TPSA) is 58.1 Å². The van der Waals surface area contributed by atoms with Crippen LogP contribution in [0.5, 0.6) is 0 Å². The number of carbonyl (C=O) groups is 1. The lowest BCUT2D eigenvalue weighted by molar-refractivity contribution is -0.127. The van der Waals surface area contributed by atoms with Crippen molar-refractivity contribution in [3.8, 4) is 0 Å². The quantitative estimate of drug-likeness (QED) is 0.919. The Hall–Kier alpha value is -2.43. The fourth-order valence-electron chi connectivity index (χ4n) is 3.69. The molecule has 2 aromatic rings. The van der Waals surface area contributed by atoms with Gasteiger partial charge >= 0.3 is 0 Å². The number of hydrogen-bond acceptors (Lipinski definition) is 4. The number of rotatable bonds is 5. The average Bonchev–Trinajstić information content (AvgIpc) is 3.25. The molecule has 124 valence electrons. The van der Waals surface area contributed by atoms with Crippen molar-refractivity contribution in [1.82, 2.24) is 14.9 Å². The molecule has 0 unspecified atom stereocenters. The first-order valence-corrected chi connectivity index (χ1v) is 8.73. The summed E-state index contributed by atoms with van der Waals surface area (Å²) in [5.41, 5.74) is 3.59. The Labute approximate surface area is 142 Å². The van der Waals surface area contributed by atoms with Gasteiger partial charge in [0.2, 0.25) is 5.91 Å². The number of carbonyl (C=O) groups excluding carboxylic acids is 1. The minimum absolute atomic E-state index is 0.0489. The molecule has 0 bridgehead atoms. The second-order valence-electron chi connectivity index (χ2n) is 6.55. The molecule has 1 atom stereocenters. The molecule has 5 nitrogen and oxygen atoms in total. The molecule has 1 amide bonds. The van der Waals surface area contributed by atoms with E-state index in [4.69, 9.17) is 0 Å². The second kappa shape index (κ2) is 6.59. The van der Waals surface area contributed by atoms with E-state index >= 15 is 0 Å². The Kier molecular flexibility index (Phi) is 4.15. The molecule has 0 spiro atoms. The zero-order valence-electron chi connectivity index (χ0n) is 13.7. The molecule has 1 aromatic heterocycles. The summed E-state index contributed by atoms with van der Waals surface area (Å²) in [6.45, 7) is 1.54. The van der Waals surface area contributed by atoms with Gasteiger partial charge in [-0.05, 0) is 31.2 Å². The maximum atomic E-state index is 12.1. The zero-order valence-corrected chi connectivity index (χ0v) is 13.7. The van der Waals surface area contributed by atoms with Crippen LogP contribution in [-0.2, 0) is 17.6 Å². The van der Waals surface area contributed by atoms with Crippen molar-refractivity contribution in [2.75, 3.05) is 18.4 Å². The molecule has 1 saturated heterocycles. The summed E-state index contributed by atoms with van der Waals surface area (Å²) in [5.74, 6) is 1.18. The standard InChI is InChI=1S/C19H22N4O/c24-18-10-5-11-23(18)12-17(14-6-2-1-3-7-14)22-19-15-8-4-9-16(15)20-13-21-19/h1-3,6-7,13,17H,4-5,8-12H2,(H,20,21,22)/t17-/m1/s1. The van der Waals surface area contributed by atoms with E-state index in [0.29, 0.717) is 13.0 Å². The molecule has 4 rings (SSSR count). The van der Waals surface area contributed by atoms with Crippen molar-refractivity contribution in [2.45, 2.75) is 38.1 Å². The SMILES string of the molecule is O=C1CCCN1C[C@@H](Nc1ncnc2c1CCC2)c1ccccc1. The van der Waals surface area contributed by atoms with Crippen molar-refractivity contribution in [3.05, 3.63) is 53.5 Å². The third-order valence-electron chi connectivity index (χ3n) is 4.96. The summed E-state index contributed by atoms with van der Waals surface area (Å²) < 4.78 is 0. The van der Waals surface area contributed by atoms with Crippen molar-refractivity contribution in [3.63, 3.8) is 0 Å². The largest absolute Gasteiger partial charge is 0.361 e. The van der Waals surface area contributed by atoms with Gasteiger partial charge in [0.1, 0.15) is 12.1 Å². The summed E-state index contributed by atoms with van der Waals surface area (Å²) >= 11 is 0. The van der Waals surface area contributed by atoms with Gasteiger partial charge in [-0.1, -0.05) is 30.3 Å². The van der Waals surface area contributed by atoms with Crippen LogP contribution in [-0.4, -0.2) is 33.9 Å². The number of benzene rings is 1. The summed E-state index contributed by atoms with van der Waals surface area (Å²) in [4.78, 5) is 22.9. The van der Waals surface area contributed by atoms with E-state index in [0.717, 1.165) is 43.7 Å². The molecule has 1 aromatic carbocycles. The van der Waals surface area contributed by atoms with Crippen LogP contribution >= 0.6 is 0 Å². The molecule has 1 aliphatic heterocycles. The first kappa shape index (κ1) is 15.1. The van der Waals surface area contributed by atoms with E-state index in [9.17, 15) is 4.79 Å². The number of nitrogens with zero attached hydrogens (tertiary/aromatic N) is 3. The van der Waals surface area contributed by atoms with Crippen LogP contribution in [0.1, 0.15) is 42.1 Å². The fraction of sp³-hybridized carbons (Fsp3) is 0.421. The van der Waals surface area contributed by atoms with Crippen LogP contribution in [0.3, 0.4) is 0 Å². The molecule has 1 N–H and O–H groups in total. The van der Waals surface area contributed by atoms with E-state index < -0.39 is 0 Å². The Morgan fingerprint density at radius 2 is 1.96 bits per heavy atom. The number of aromatic nitrogens is 2. The van der Waals surface area contributed by atoms with Gasteiger partial charge in [-0.15, -0.1) is 0 Å². The molecule has 1 aliphatic carbocycles. The molecule has 2 heterocycles. The highest BCUT2D eigenvalue weighted by molar-refractivity contribution is 5.78. The van der Waals surface area contributed by atoms with E-state index in [1.807, 2.05) is 23.1 Å². The van der Waals surface area contributed by atoms with Gasteiger partial charge in [-0.25, -0.2) is 9.97 Å². The minimum Gasteiger partial charge on any atom is -0.361 e. The molecule has 0 saturated carbocycles. The van der Waals surface area contributed by atoms with Gasteiger partial charge in [0, 0.05) is 30.8 Å². The zero-order chi connectivity index (χ0) is 16.4. The molecular weight excluding hydrogens is 300 g/mol. The van der Waals surface area contributed by atoms with Gasteiger partial charge in [0.05, 0.1) is 6.04 Å². The van der Waals surface area contributed by atoms with E-state index in [1.54, 1.807) is 6.33 Å². The Morgan fingerprint density at radius 3 is 2.75 bits per heavy atom. The Balaban J connectivity index is 1.61. The molecule has 2 aliphatic rings. The van der Waals surface area contributed by atoms with Gasteiger partial charge in [0.15, 0.2) is 0 Å². The van der Waals surface area contributed by atoms with Gasteiger partial charge in [-0.2, -0.15) is 0 Å².